The minimum Gasteiger partial charge on any atom is -0.481 e. The minimum absolute atomic E-state index is 0.190. The minimum atomic E-state index is -3.03. The van der Waals surface area contributed by atoms with Crippen molar-refractivity contribution in [2.24, 2.45) is 5.92 Å². The number of aliphatic carboxylic acids is 3. The van der Waals surface area contributed by atoms with E-state index in [2.05, 4.69) is 12.2 Å². The molecule has 5 N–H and O–H groups in total. The SMILES string of the molecule is CCCCCCCC(=O)CCCCCC/C=C/[C@H](C(=O)N[C@@H](Cc1ccc(Oc2ccc(Cl)cc2)cc1)C(=O)O)[C@@](O)(CC(=O)O)C(=O)O. The molecule has 1 amide bonds. The zero-order valence-electron chi connectivity index (χ0n) is 27.9. The standard InChI is InChI=1S/C37H48ClNO10/c1-2-3-4-7-10-13-28(40)14-11-8-5-6-9-12-15-31(37(48,36(46)47)25-33(41)42)34(43)39-32(35(44)45)24-26-16-20-29(21-17-26)49-30-22-18-27(38)19-23-30/h12,15-23,31-32,48H,2-11,13-14,24-25H2,1H3,(H,39,43)(H,41,42)(H,44,45)(H,46,47)/b15-12+/t31-,32+,37+/m1/s1. The fraction of sp³-hybridized carbons (Fsp3) is 0.486. The van der Waals surface area contributed by atoms with Crippen LogP contribution in [0.4, 0.5) is 0 Å². The highest BCUT2D eigenvalue weighted by Gasteiger charge is 2.49. The average molecular weight is 702 g/mol. The fourth-order valence-corrected chi connectivity index (χ4v) is 5.39. The number of carbonyl (C=O) groups is 5. The maximum Gasteiger partial charge on any atom is 0.337 e. The number of ether oxygens (including phenoxy) is 1. The van der Waals surface area contributed by atoms with Crippen LogP contribution in [0.15, 0.2) is 60.7 Å². The Morgan fingerprint density at radius 2 is 1.37 bits per heavy atom. The topological polar surface area (TPSA) is 188 Å². The molecule has 2 rings (SSSR count). The first-order valence-electron chi connectivity index (χ1n) is 16.8. The molecule has 2 aromatic rings. The Kier molecular flexibility index (Phi) is 18.1. The molecule has 12 heteroatoms. The third-order valence-electron chi connectivity index (χ3n) is 8.08. The van der Waals surface area contributed by atoms with Gasteiger partial charge in [-0.2, -0.15) is 0 Å². The summed E-state index contributed by atoms with van der Waals surface area (Å²) in [5, 5.41) is 42.7. The Hall–Kier alpha value is -4.22. The van der Waals surface area contributed by atoms with Gasteiger partial charge in [0.2, 0.25) is 5.91 Å². The van der Waals surface area contributed by atoms with Crippen molar-refractivity contribution < 1.29 is 49.1 Å². The van der Waals surface area contributed by atoms with E-state index in [-0.39, 0.29) is 12.2 Å². The average Bonchev–Trinajstić information content (AvgIpc) is 3.04. The van der Waals surface area contributed by atoms with Gasteiger partial charge in [0.15, 0.2) is 5.60 Å². The predicted octanol–water partition coefficient (Wildman–Crippen LogP) is 6.98. The van der Waals surface area contributed by atoms with Gasteiger partial charge in [0.05, 0.1) is 12.3 Å². The van der Waals surface area contributed by atoms with Crippen LogP contribution in [0.1, 0.15) is 96.0 Å². The molecule has 0 aliphatic heterocycles. The molecule has 3 atom stereocenters. The molecule has 0 unspecified atom stereocenters. The van der Waals surface area contributed by atoms with Crippen molar-refractivity contribution in [3.8, 4) is 11.5 Å². The zero-order valence-corrected chi connectivity index (χ0v) is 28.7. The number of unbranched alkanes of at least 4 members (excludes halogenated alkanes) is 8. The van der Waals surface area contributed by atoms with Gasteiger partial charge in [0.1, 0.15) is 23.3 Å². The third kappa shape index (κ3) is 15.3. The number of nitrogens with one attached hydrogen (secondary N) is 1. The van der Waals surface area contributed by atoms with Gasteiger partial charge >= 0.3 is 17.9 Å². The Morgan fingerprint density at radius 1 is 0.816 bits per heavy atom. The summed E-state index contributed by atoms with van der Waals surface area (Å²) in [6.07, 6.45) is 11.1. The van der Waals surface area contributed by atoms with Crippen LogP contribution >= 0.6 is 11.6 Å². The van der Waals surface area contributed by atoms with Gasteiger partial charge in [-0.05, 0) is 67.6 Å². The molecule has 0 aromatic heterocycles. The molecule has 11 nitrogen and oxygen atoms in total. The first-order chi connectivity index (χ1) is 23.3. The Labute approximate surface area is 292 Å². The van der Waals surface area contributed by atoms with Gasteiger partial charge in [-0.1, -0.05) is 81.3 Å². The molecule has 0 bridgehead atoms. The maximum absolute atomic E-state index is 13.4. The Bertz CT molecular complexity index is 1390. The molecule has 0 radical (unpaired) electrons. The quantitative estimate of drug-likeness (QED) is 0.0534. The second-order valence-corrected chi connectivity index (χ2v) is 12.6. The lowest BCUT2D eigenvalue weighted by Gasteiger charge is -2.29. The summed E-state index contributed by atoms with van der Waals surface area (Å²) in [5.41, 5.74) is -2.52. The van der Waals surface area contributed by atoms with Crippen molar-refractivity contribution in [1.29, 1.82) is 0 Å². The van der Waals surface area contributed by atoms with Crippen LogP contribution in [0, 0.1) is 5.92 Å². The highest BCUT2D eigenvalue weighted by atomic mass is 35.5. The number of hydrogen-bond donors (Lipinski definition) is 5. The molecule has 0 saturated heterocycles. The van der Waals surface area contributed by atoms with Crippen LogP contribution in [-0.4, -0.2) is 61.7 Å². The van der Waals surface area contributed by atoms with Crippen LogP contribution in [0.5, 0.6) is 11.5 Å². The largest absolute Gasteiger partial charge is 0.481 e. The molecule has 0 aliphatic carbocycles. The van der Waals surface area contributed by atoms with Crippen LogP contribution < -0.4 is 10.1 Å². The van der Waals surface area contributed by atoms with Crippen molar-refractivity contribution in [3.05, 3.63) is 71.3 Å². The van der Waals surface area contributed by atoms with E-state index >= 15 is 0 Å². The molecular formula is C37H48ClNO10. The third-order valence-corrected chi connectivity index (χ3v) is 8.33. The van der Waals surface area contributed by atoms with Crippen molar-refractivity contribution in [3.63, 3.8) is 0 Å². The maximum atomic E-state index is 13.4. The monoisotopic (exact) mass is 701 g/mol. The van der Waals surface area contributed by atoms with Gasteiger partial charge in [0, 0.05) is 24.3 Å². The number of carbonyl (C=O) groups excluding carboxylic acids is 2. The molecule has 0 heterocycles. The lowest BCUT2D eigenvalue weighted by Crippen LogP contribution is -2.55. The zero-order chi connectivity index (χ0) is 36.2. The summed E-state index contributed by atoms with van der Waals surface area (Å²) in [7, 11) is 0. The van der Waals surface area contributed by atoms with E-state index in [0.717, 1.165) is 51.0 Å². The summed E-state index contributed by atoms with van der Waals surface area (Å²) in [6.45, 7) is 2.15. The number of carboxylic acid groups (broad SMARTS) is 3. The van der Waals surface area contributed by atoms with Gasteiger partial charge in [-0.25, -0.2) is 9.59 Å². The molecule has 0 saturated carbocycles. The second-order valence-electron chi connectivity index (χ2n) is 12.2. The number of halogens is 1. The molecule has 0 spiro atoms. The van der Waals surface area contributed by atoms with Gasteiger partial charge in [0.25, 0.3) is 0 Å². The number of Topliss-reactive ketones (excluding diaryl/α,β-unsaturated/α-hetero) is 1. The number of ketones is 1. The van der Waals surface area contributed by atoms with Gasteiger partial charge in [-0.15, -0.1) is 0 Å². The summed E-state index contributed by atoms with van der Waals surface area (Å²) >= 11 is 5.89. The smallest absolute Gasteiger partial charge is 0.337 e. The predicted molar refractivity (Wildman–Crippen MR) is 185 cm³/mol. The van der Waals surface area contributed by atoms with Crippen molar-refractivity contribution in [2.75, 3.05) is 0 Å². The first-order valence-corrected chi connectivity index (χ1v) is 17.1. The molecule has 49 heavy (non-hydrogen) atoms. The Morgan fingerprint density at radius 3 is 1.90 bits per heavy atom. The highest BCUT2D eigenvalue weighted by Crippen LogP contribution is 2.27. The van der Waals surface area contributed by atoms with E-state index in [1.165, 1.54) is 12.5 Å². The summed E-state index contributed by atoms with van der Waals surface area (Å²) in [4.78, 5) is 61.1. The molecule has 0 fully saturated rings. The van der Waals surface area contributed by atoms with E-state index in [9.17, 15) is 44.4 Å². The Balaban J connectivity index is 2.01. The van der Waals surface area contributed by atoms with Crippen LogP contribution in [0.25, 0.3) is 0 Å². The van der Waals surface area contributed by atoms with Crippen molar-refractivity contribution in [1.82, 2.24) is 5.32 Å². The molecular weight excluding hydrogens is 654 g/mol. The summed E-state index contributed by atoms with van der Waals surface area (Å²) < 4.78 is 5.74. The van der Waals surface area contributed by atoms with E-state index in [4.69, 9.17) is 16.3 Å². The van der Waals surface area contributed by atoms with E-state index < -0.39 is 47.8 Å². The second kappa shape index (κ2) is 21.7. The molecule has 2 aromatic carbocycles. The van der Waals surface area contributed by atoms with Gasteiger partial charge < -0.3 is 30.5 Å². The van der Waals surface area contributed by atoms with Crippen LogP contribution in [0.3, 0.4) is 0 Å². The van der Waals surface area contributed by atoms with Crippen LogP contribution in [0.2, 0.25) is 5.02 Å². The summed E-state index contributed by atoms with van der Waals surface area (Å²) in [5.74, 6) is -6.77. The van der Waals surface area contributed by atoms with E-state index in [1.807, 2.05) is 0 Å². The van der Waals surface area contributed by atoms with E-state index in [1.54, 1.807) is 48.5 Å². The van der Waals surface area contributed by atoms with E-state index in [0.29, 0.717) is 47.8 Å². The molecule has 268 valence electrons. The summed E-state index contributed by atoms with van der Waals surface area (Å²) in [6, 6.07) is 11.6. The highest BCUT2D eigenvalue weighted by molar-refractivity contribution is 6.30. The van der Waals surface area contributed by atoms with Crippen molar-refractivity contribution >= 4 is 41.2 Å². The number of aliphatic hydroxyl groups is 1. The van der Waals surface area contributed by atoms with Crippen molar-refractivity contribution in [2.45, 2.75) is 108 Å². The number of carboxylic acids is 3. The number of hydrogen-bond acceptors (Lipinski definition) is 7. The van der Waals surface area contributed by atoms with Crippen LogP contribution in [-0.2, 0) is 30.4 Å². The first kappa shape index (κ1) is 41.0. The molecule has 0 aliphatic rings. The van der Waals surface area contributed by atoms with Gasteiger partial charge in [-0.3, -0.25) is 14.4 Å². The fourth-order valence-electron chi connectivity index (χ4n) is 5.26. The number of benzene rings is 2. The normalized spacial score (nSPS) is 13.7. The number of amides is 1. The lowest BCUT2D eigenvalue weighted by molar-refractivity contribution is -0.172. The number of allylic oxidation sites excluding steroid dienone is 1. The number of rotatable bonds is 25. The lowest BCUT2D eigenvalue weighted by atomic mass is 9.82.